The number of hydrogen-bond donors (Lipinski definition) is 1. The number of hydrogen-bond acceptors (Lipinski definition) is 4. The molecule has 0 atom stereocenters. The van der Waals surface area contributed by atoms with Crippen LogP contribution >= 0.6 is 0 Å². The maximum atomic E-state index is 4.63. The summed E-state index contributed by atoms with van der Waals surface area (Å²) in [6.07, 6.45) is 4.70. The van der Waals surface area contributed by atoms with E-state index >= 15 is 0 Å². The summed E-state index contributed by atoms with van der Waals surface area (Å²) < 4.78 is 1.95. The molecule has 0 amide bonds. The number of rotatable bonds is 3. The summed E-state index contributed by atoms with van der Waals surface area (Å²) in [4.78, 5) is 6.84. The van der Waals surface area contributed by atoms with Crippen LogP contribution in [0.3, 0.4) is 0 Å². The zero-order chi connectivity index (χ0) is 12.4. The van der Waals surface area contributed by atoms with Gasteiger partial charge in [0.1, 0.15) is 0 Å². The van der Waals surface area contributed by atoms with E-state index in [2.05, 4.69) is 33.3 Å². The second-order valence-electron chi connectivity index (χ2n) is 4.72. The maximum Gasteiger partial charge on any atom is 0.0880 e. The van der Waals surface area contributed by atoms with Crippen LogP contribution in [0.1, 0.15) is 18.3 Å². The largest absolute Gasteiger partial charge is 0.314 e. The molecular weight excluding hydrogens is 226 g/mol. The minimum Gasteiger partial charge on any atom is -0.314 e. The smallest absolute Gasteiger partial charge is 0.0880 e. The lowest BCUT2D eigenvalue weighted by Gasteiger charge is -2.26. The molecule has 1 aliphatic heterocycles. The van der Waals surface area contributed by atoms with Crippen molar-refractivity contribution < 1.29 is 0 Å². The topological polar surface area (TPSA) is 45.5 Å². The zero-order valence-corrected chi connectivity index (χ0v) is 10.8. The van der Waals surface area contributed by atoms with Crippen molar-refractivity contribution in [1.82, 2.24) is 24.8 Å². The number of aromatic nitrogens is 3. The van der Waals surface area contributed by atoms with Gasteiger partial charge in [-0.15, -0.1) is 0 Å². The normalized spacial score (nSPS) is 17.4. The third-order valence-corrected chi connectivity index (χ3v) is 3.45. The van der Waals surface area contributed by atoms with Gasteiger partial charge in [0.15, 0.2) is 0 Å². The number of nitrogens with one attached hydrogen (secondary N) is 1. The van der Waals surface area contributed by atoms with Crippen LogP contribution in [0.5, 0.6) is 0 Å². The van der Waals surface area contributed by atoms with Crippen molar-refractivity contribution in [1.29, 1.82) is 0 Å². The predicted molar refractivity (Wildman–Crippen MR) is 70.5 cm³/mol. The molecule has 0 unspecified atom stereocenters. The molecule has 0 spiro atoms. The molecule has 0 bridgehead atoms. The van der Waals surface area contributed by atoms with Crippen molar-refractivity contribution >= 4 is 5.52 Å². The Kier molecular flexibility index (Phi) is 3.25. The summed E-state index contributed by atoms with van der Waals surface area (Å²) in [6, 6.07) is 2.17. The van der Waals surface area contributed by atoms with Gasteiger partial charge >= 0.3 is 0 Å². The molecule has 5 nitrogen and oxygen atoms in total. The molecule has 3 heterocycles. The van der Waals surface area contributed by atoms with Gasteiger partial charge in [-0.25, -0.2) is 4.52 Å². The molecule has 1 aliphatic rings. The van der Waals surface area contributed by atoms with Crippen LogP contribution in [0, 0.1) is 0 Å². The summed E-state index contributed by atoms with van der Waals surface area (Å²) >= 11 is 0. The highest BCUT2D eigenvalue weighted by molar-refractivity contribution is 5.52. The number of fused-ring (bicyclic) bond motifs is 1. The Balaban J connectivity index is 1.84. The average Bonchev–Trinajstić information content (AvgIpc) is 2.82. The van der Waals surface area contributed by atoms with Crippen LogP contribution in [0.4, 0.5) is 0 Å². The van der Waals surface area contributed by atoms with E-state index in [1.165, 1.54) is 0 Å². The Labute approximate surface area is 107 Å². The molecule has 1 fully saturated rings. The van der Waals surface area contributed by atoms with Crippen LogP contribution in [-0.4, -0.2) is 45.7 Å². The van der Waals surface area contributed by atoms with Crippen LogP contribution in [0.2, 0.25) is 0 Å². The minimum absolute atomic E-state index is 0.937. The fourth-order valence-corrected chi connectivity index (χ4v) is 2.47. The molecule has 0 saturated carbocycles. The molecule has 18 heavy (non-hydrogen) atoms. The maximum absolute atomic E-state index is 4.63. The molecule has 1 N–H and O–H groups in total. The Morgan fingerprint density at radius 1 is 1.33 bits per heavy atom. The van der Waals surface area contributed by atoms with E-state index < -0.39 is 0 Å². The van der Waals surface area contributed by atoms with E-state index in [1.807, 2.05) is 16.9 Å². The highest BCUT2D eigenvalue weighted by atomic mass is 15.3. The van der Waals surface area contributed by atoms with Crippen LogP contribution < -0.4 is 5.32 Å². The van der Waals surface area contributed by atoms with Crippen molar-refractivity contribution in [3.05, 3.63) is 29.8 Å². The van der Waals surface area contributed by atoms with Gasteiger partial charge in [-0.3, -0.25) is 9.88 Å². The van der Waals surface area contributed by atoms with Crippen LogP contribution in [0.15, 0.2) is 18.5 Å². The van der Waals surface area contributed by atoms with Crippen LogP contribution in [-0.2, 0) is 13.0 Å². The second-order valence-corrected chi connectivity index (χ2v) is 4.72. The minimum atomic E-state index is 0.937. The van der Waals surface area contributed by atoms with E-state index in [1.54, 1.807) is 0 Å². The van der Waals surface area contributed by atoms with E-state index in [-0.39, 0.29) is 0 Å². The monoisotopic (exact) mass is 245 g/mol. The summed E-state index contributed by atoms with van der Waals surface area (Å²) in [6.45, 7) is 7.43. The first kappa shape index (κ1) is 11.6. The first-order valence-electron chi connectivity index (χ1n) is 6.62. The van der Waals surface area contributed by atoms with Crippen molar-refractivity contribution in [2.45, 2.75) is 19.9 Å². The van der Waals surface area contributed by atoms with Crippen molar-refractivity contribution in [3.8, 4) is 0 Å². The zero-order valence-electron chi connectivity index (χ0n) is 10.8. The van der Waals surface area contributed by atoms with Gasteiger partial charge in [-0.1, -0.05) is 6.92 Å². The Morgan fingerprint density at radius 3 is 2.94 bits per heavy atom. The highest BCUT2D eigenvalue weighted by Crippen LogP contribution is 2.12. The lowest BCUT2D eigenvalue weighted by Crippen LogP contribution is -2.42. The molecule has 96 valence electrons. The number of aryl methyl sites for hydroxylation is 1. The summed E-state index contributed by atoms with van der Waals surface area (Å²) in [5.41, 5.74) is 3.40. The Hall–Kier alpha value is -1.46. The lowest BCUT2D eigenvalue weighted by atomic mass is 10.2. The highest BCUT2D eigenvalue weighted by Gasteiger charge is 2.12. The molecular formula is C13H19N5. The van der Waals surface area contributed by atoms with Crippen molar-refractivity contribution in [2.75, 3.05) is 26.2 Å². The molecule has 0 aromatic carbocycles. The molecule has 0 aliphatic carbocycles. The van der Waals surface area contributed by atoms with Crippen LogP contribution in [0.25, 0.3) is 5.52 Å². The average molecular weight is 245 g/mol. The Morgan fingerprint density at radius 2 is 2.17 bits per heavy atom. The van der Waals surface area contributed by atoms with Gasteiger partial charge in [-0.2, -0.15) is 5.10 Å². The third kappa shape index (κ3) is 2.23. The van der Waals surface area contributed by atoms with E-state index in [0.29, 0.717) is 0 Å². The molecule has 2 aromatic heterocycles. The lowest BCUT2D eigenvalue weighted by molar-refractivity contribution is 0.230. The van der Waals surface area contributed by atoms with Crippen molar-refractivity contribution in [3.63, 3.8) is 0 Å². The first-order chi connectivity index (χ1) is 8.86. The number of nitrogens with zero attached hydrogens (tertiary/aromatic N) is 4. The molecule has 3 rings (SSSR count). The van der Waals surface area contributed by atoms with Gasteiger partial charge in [0, 0.05) is 45.1 Å². The quantitative estimate of drug-likeness (QED) is 0.864. The first-order valence-corrected chi connectivity index (χ1v) is 6.62. The van der Waals surface area contributed by atoms with Gasteiger partial charge < -0.3 is 5.32 Å². The van der Waals surface area contributed by atoms with Gasteiger partial charge in [0.05, 0.1) is 16.9 Å². The fourth-order valence-electron chi connectivity index (χ4n) is 2.47. The summed E-state index contributed by atoms with van der Waals surface area (Å²) in [5, 5.41) is 8.00. The fraction of sp³-hybridized carbons (Fsp3) is 0.538. The van der Waals surface area contributed by atoms with Crippen molar-refractivity contribution in [2.24, 2.45) is 0 Å². The SMILES string of the molecule is CCc1nccn2nc(CN3CCNCC3)cc12. The molecule has 2 aromatic rings. The van der Waals surface area contributed by atoms with E-state index in [0.717, 1.165) is 56.0 Å². The van der Waals surface area contributed by atoms with Gasteiger partial charge in [-0.05, 0) is 12.5 Å². The number of piperazine rings is 1. The standard InChI is InChI=1S/C13H19N5/c1-2-12-13-9-11(16-18(13)8-5-15-12)10-17-6-3-14-4-7-17/h5,8-9,14H,2-4,6-7,10H2,1H3. The van der Waals surface area contributed by atoms with E-state index in [4.69, 9.17) is 0 Å². The second kappa shape index (κ2) is 5.04. The summed E-state index contributed by atoms with van der Waals surface area (Å²) in [7, 11) is 0. The third-order valence-electron chi connectivity index (χ3n) is 3.45. The summed E-state index contributed by atoms with van der Waals surface area (Å²) in [5.74, 6) is 0. The van der Waals surface area contributed by atoms with Gasteiger partial charge in [0.2, 0.25) is 0 Å². The predicted octanol–water partition coefficient (Wildman–Crippen LogP) is 0.697. The van der Waals surface area contributed by atoms with Gasteiger partial charge in [0.25, 0.3) is 0 Å². The Bertz CT molecular complexity index is 527. The molecule has 1 saturated heterocycles. The van der Waals surface area contributed by atoms with E-state index in [9.17, 15) is 0 Å². The molecule has 0 radical (unpaired) electrons. The molecule has 5 heteroatoms.